The molecule has 7 nitrogen and oxygen atoms in total. The van der Waals surface area contributed by atoms with Gasteiger partial charge in [0, 0.05) is 19.0 Å². The second-order valence-corrected chi connectivity index (χ2v) is 5.68. The van der Waals surface area contributed by atoms with E-state index in [1.165, 1.54) is 19.5 Å². The Morgan fingerprint density at radius 1 is 1.38 bits per heavy atom. The van der Waals surface area contributed by atoms with Crippen molar-refractivity contribution in [3.8, 4) is 5.88 Å². The first kappa shape index (κ1) is 16.2. The van der Waals surface area contributed by atoms with Crippen molar-refractivity contribution in [3.05, 3.63) is 47.4 Å². The minimum Gasteiger partial charge on any atom is -0.481 e. The second-order valence-electron chi connectivity index (χ2n) is 5.28. The lowest BCUT2D eigenvalue weighted by Crippen LogP contribution is -2.37. The number of amides is 2. The SMILES string of the molecule is COc1cc(C(=O)NC2CC(=O)N(c3ccccc3Cl)C2)ncn1. The number of benzene rings is 1. The van der Waals surface area contributed by atoms with Gasteiger partial charge in [-0.15, -0.1) is 0 Å². The Hall–Kier alpha value is -2.67. The Kier molecular flexibility index (Phi) is 4.61. The molecule has 0 saturated carbocycles. The molecular weight excluding hydrogens is 332 g/mol. The molecule has 2 amide bonds. The Morgan fingerprint density at radius 2 is 2.17 bits per heavy atom. The van der Waals surface area contributed by atoms with Crippen LogP contribution >= 0.6 is 11.6 Å². The van der Waals surface area contributed by atoms with Gasteiger partial charge in [-0.1, -0.05) is 23.7 Å². The molecule has 1 saturated heterocycles. The van der Waals surface area contributed by atoms with Gasteiger partial charge in [0.2, 0.25) is 11.8 Å². The smallest absolute Gasteiger partial charge is 0.270 e. The van der Waals surface area contributed by atoms with Gasteiger partial charge in [-0.25, -0.2) is 9.97 Å². The van der Waals surface area contributed by atoms with E-state index in [1.54, 1.807) is 23.1 Å². The molecule has 1 aromatic carbocycles. The van der Waals surface area contributed by atoms with Gasteiger partial charge in [-0.2, -0.15) is 0 Å². The molecule has 2 aromatic rings. The number of rotatable bonds is 4. The van der Waals surface area contributed by atoms with E-state index in [-0.39, 0.29) is 30.0 Å². The van der Waals surface area contributed by atoms with E-state index in [0.29, 0.717) is 23.1 Å². The Morgan fingerprint density at radius 3 is 2.92 bits per heavy atom. The summed E-state index contributed by atoms with van der Waals surface area (Å²) in [5.41, 5.74) is 0.829. The number of nitrogens with one attached hydrogen (secondary N) is 1. The molecule has 1 aromatic heterocycles. The summed E-state index contributed by atoms with van der Waals surface area (Å²) in [6, 6.07) is 8.24. The average Bonchev–Trinajstić information content (AvgIpc) is 2.95. The molecule has 1 aliphatic rings. The largest absolute Gasteiger partial charge is 0.481 e. The van der Waals surface area contributed by atoms with Gasteiger partial charge in [0.25, 0.3) is 5.91 Å². The van der Waals surface area contributed by atoms with Crippen molar-refractivity contribution in [2.75, 3.05) is 18.6 Å². The number of halogens is 1. The number of hydrogen-bond acceptors (Lipinski definition) is 5. The third-order valence-corrected chi connectivity index (χ3v) is 4.01. The lowest BCUT2D eigenvalue weighted by molar-refractivity contribution is -0.117. The van der Waals surface area contributed by atoms with E-state index >= 15 is 0 Å². The number of ether oxygens (including phenoxy) is 1. The van der Waals surface area contributed by atoms with Crippen molar-refractivity contribution in [2.24, 2.45) is 0 Å². The van der Waals surface area contributed by atoms with Gasteiger partial charge in [0.05, 0.1) is 23.9 Å². The van der Waals surface area contributed by atoms with E-state index in [1.807, 2.05) is 6.07 Å². The van der Waals surface area contributed by atoms with Gasteiger partial charge in [-0.3, -0.25) is 9.59 Å². The summed E-state index contributed by atoms with van der Waals surface area (Å²) < 4.78 is 4.97. The molecule has 124 valence electrons. The molecule has 1 aliphatic heterocycles. The van der Waals surface area contributed by atoms with Crippen molar-refractivity contribution < 1.29 is 14.3 Å². The standard InChI is InChI=1S/C16H15ClN4O3/c1-24-14-7-12(18-9-19-14)16(23)20-10-6-15(22)21(8-10)13-5-3-2-4-11(13)17/h2-5,7,9-10H,6,8H2,1H3,(H,20,23). The zero-order valence-electron chi connectivity index (χ0n) is 12.9. The van der Waals surface area contributed by atoms with Crippen LogP contribution in [0, 0.1) is 0 Å². The van der Waals surface area contributed by atoms with Crippen LogP contribution in [0.4, 0.5) is 5.69 Å². The van der Waals surface area contributed by atoms with Gasteiger partial charge < -0.3 is 15.0 Å². The van der Waals surface area contributed by atoms with E-state index in [2.05, 4.69) is 15.3 Å². The lowest BCUT2D eigenvalue weighted by atomic mass is 10.2. The van der Waals surface area contributed by atoms with Crippen LogP contribution in [0.15, 0.2) is 36.7 Å². The average molecular weight is 347 g/mol. The molecule has 0 aliphatic carbocycles. The maximum Gasteiger partial charge on any atom is 0.270 e. The number of nitrogens with zero attached hydrogens (tertiary/aromatic N) is 3. The van der Waals surface area contributed by atoms with E-state index in [0.717, 1.165) is 0 Å². The van der Waals surface area contributed by atoms with Gasteiger partial charge >= 0.3 is 0 Å². The molecular formula is C16H15ClN4O3. The second kappa shape index (κ2) is 6.84. The van der Waals surface area contributed by atoms with Crippen LogP contribution in [0.25, 0.3) is 0 Å². The molecule has 8 heteroatoms. The fourth-order valence-electron chi connectivity index (χ4n) is 2.54. The van der Waals surface area contributed by atoms with Gasteiger partial charge in [0.1, 0.15) is 12.0 Å². The molecule has 1 atom stereocenters. The van der Waals surface area contributed by atoms with Gasteiger partial charge in [0.15, 0.2) is 0 Å². The van der Waals surface area contributed by atoms with Crippen LogP contribution < -0.4 is 15.0 Å². The molecule has 2 heterocycles. The third kappa shape index (κ3) is 3.30. The number of anilines is 1. The summed E-state index contributed by atoms with van der Waals surface area (Å²) in [6.45, 7) is 0.358. The Balaban J connectivity index is 1.70. The fourth-order valence-corrected chi connectivity index (χ4v) is 2.78. The maximum absolute atomic E-state index is 12.3. The first-order valence-corrected chi connectivity index (χ1v) is 7.68. The Labute approximate surface area is 143 Å². The number of hydrogen-bond donors (Lipinski definition) is 1. The van der Waals surface area contributed by atoms with Crippen LogP contribution in [-0.4, -0.2) is 41.5 Å². The minimum absolute atomic E-state index is 0.0892. The monoisotopic (exact) mass is 346 g/mol. The van der Waals surface area contributed by atoms with Crippen molar-refractivity contribution >= 4 is 29.1 Å². The number of aromatic nitrogens is 2. The molecule has 0 radical (unpaired) electrons. The topological polar surface area (TPSA) is 84.4 Å². The highest BCUT2D eigenvalue weighted by Crippen LogP contribution is 2.29. The summed E-state index contributed by atoms with van der Waals surface area (Å²) >= 11 is 6.14. The number of carbonyl (C=O) groups is 2. The first-order chi connectivity index (χ1) is 11.6. The molecule has 1 N–H and O–H groups in total. The van der Waals surface area contributed by atoms with E-state index in [4.69, 9.17) is 16.3 Å². The van der Waals surface area contributed by atoms with Crippen LogP contribution in [0.1, 0.15) is 16.9 Å². The summed E-state index contributed by atoms with van der Waals surface area (Å²) in [7, 11) is 1.46. The van der Waals surface area contributed by atoms with Crippen LogP contribution in [0.2, 0.25) is 5.02 Å². The molecule has 24 heavy (non-hydrogen) atoms. The van der Waals surface area contributed by atoms with Crippen molar-refractivity contribution in [1.82, 2.24) is 15.3 Å². The summed E-state index contributed by atoms with van der Waals surface area (Å²) in [5.74, 6) is -0.168. The third-order valence-electron chi connectivity index (χ3n) is 3.69. The summed E-state index contributed by atoms with van der Waals surface area (Å²) in [5, 5.41) is 3.30. The molecule has 0 spiro atoms. The molecule has 1 unspecified atom stereocenters. The molecule has 0 bridgehead atoms. The highest BCUT2D eigenvalue weighted by Gasteiger charge is 2.32. The maximum atomic E-state index is 12.3. The van der Waals surface area contributed by atoms with Crippen LogP contribution in [0.5, 0.6) is 5.88 Å². The zero-order valence-corrected chi connectivity index (χ0v) is 13.7. The van der Waals surface area contributed by atoms with Crippen LogP contribution in [0.3, 0.4) is 0 Å². The highest BCUT2D eigenvalue weighted by molar-refractivity contribution is 6.33. The number of carbonyl (C=O) groups excluding carboxylic acids is 2. The molecule has 3 rings (SSSR count). The predicted octanol–water partition coefficient (Wildman–Crippen LogP) is 1.67. The van der Waals surface area contributed by atoms with Crippen molar-refractivity contribution in [3.63, 3.8) is 0 Å². The zero-order chi connectivity index (χ0) is 17.1. The molecule has 1 fully saturated rings. The summed E-state index contributed by atoms with van der Waals surface area (Å²) in [4.78, 5) is 33.8. The minimum atomic E-state index is -0.380. The van der Waals surface area contributed by atoms with Crippen molar-refractivity contribution in [1.29, 1.82) is 0 Å². The normalized spacial score (nSPS) is 17.0. The van der Waals surface area contributed by atoms with Gasteiger partial charge in [-0.05, 0) is 12.1 Å². The predicted molar refractivity (Wildman–Crippen MR) is 88.3 cm³/mol. The highest BCUT2D eigenvalue weighted by atomic mass is 35.5. The van der Waals surface area contributed by atoms with E-state index in [9.17, 15) is 9.59 Å². The number of para-hydroxylation sites is 1. The lowest BCUT2D eigenvalue weighted by Gasteiger charge is -2.18. The van der Waals surface area contributed by atoms with E-state index < -0.39 is 0 Å². The van der Waals surface area contributed by atoms with Crippen molar-refractivity contribution in [2.45, 2.75) is 12.5 Å². The first-order valence-electron chi connectivity index (χ1n) is 7.30. The quantitative estimate of drug-likeness (QED) is 0.910. The summed E-state index contributed by atoms with van der Waals surface area (Å²) in [6.07, 6.45) is 1.46. The number of methoxy groups -OCH3 is 1. The Bertz CT molecular complexity index is 783. The van der Waals surface area contributed by atoms with Crippen LogP contribution in [-0.2, 0) is 4.79 Å². The fraction of sp³-hybridized carbons (Fsp3) is 0.250.